The van der Waals surface area contributed by atoms with Crippen molar-refractivity contribution in [2.24, 2.45) is 12.8 Å². The van der Waals surface area contributed by atoms with Crippen LogP contribution in [0, 0.1) is 6.92 Å². The number of allylic oxidation sites excluding steroid dienone is 2. The molecule has 14 heavy (non-hydrogen) atoms. The van der Waals surface area contributed by atoms with E-state index in [1.807, 2.05) is 20.9 Å². The van der Waals surface area contributed by atoms with Gasteiger partial charge < -0.3 is 5.73 Å². The second kappa shape index (κ2) is 3.70. The monoisotopic (exact) mass is 191 g/mol. The fourth-order valence-corrected chi connectivity index (χ4v) is 1.64. The van der Waals surface area contributed by atoms with Crippen LogP contribution in [0.25, 0.3) is 11.3 Å². The summed E-state index contributed by atoms with van der Waals surface area (Å²) in [6.45, 7) is 9.80. The number of nitrogens with zero attached hydrogens (tertiary/aromatic N) is 2. The molecule has 1 aromatic rings. The first-order valence-electron chi connectivity index (χ1n) is 4.60. The largest absolute Gasteiger partial charge is 0.397 e. The van der Waals surface area contributed by atoms with Gasteiger partial charge in [0.2, 0.25) is 0 Å². The minimum absolute atomic E-state index is 0.560. The van der Waals surface area contributed by atoms with Crippen LogP contribution in [0.3, 0.4) is 0 Å². The number of aryl methyl sites for hydroxylation is 2. The maximum Gasteiger partial charge on any atom is 0.0907 e. The minimum atomic E-state index is 0.560. The molecule has 0 amide bonds. The van der Waals surface area contributed by atoms with E-state index >= 15 is 0 Å². The van der Waals surface area contributed by atoms with Gasteiger partial charge in [0, 0.05) is 12.6 Å². The molecule has 0 aliphatic heterocycles. The predicted octanol–water partition coefficient (Wildman–Crippen LogP) is 2.08. The third-order valence-electron chi connectivity index (χ3n) is 2.35. The minimum Gasteiger partial charge on any atom is -0.397 e. The summed E-state index contributed by atoms with van der Waals surface area (Å²) in [5.41, 5.74) is 10.5. The summed E-state index contributed by atoms with van der Waals surface area (Å²) >= 11 is 0. The molecule has 0 unspecified atom stereocenters. The van der Waals surface area contributed by atoms with Crippen LogP contribution in [0.2, 0.25) is 0 Å². The molecule has 0 atom stereocenters. The Labute approximate surface area is 84.9 Å². The van der Waals surface area contributed by atoms with Crippen molar-refractivity contribution >= 4 is 11.3 Å². The molecular weight excluding hydrogens is 174 g/mol. The standard InChI is InChI=1S/C11H17N3/c1-6-7(2)10-9(4)13-14(5)11(10)8(3)12/h6H,3,12H2,1-2,4-5H3/b7-6-. The van der Waals surface area contributed by atoms with Crippen molar-refractivity contribution in [3.63, 3.8) is 0 Å². The quantitative estimate of drug-likeness (QED) is 0.777. The van der Waals surface area contributed by atoms with Gasteiger partial charge in [0.15, 0.2) is 0 Å². The van der Waals surface area contributed by atoms with Crippen LogP contribution in [0.1, 0.15) is 30.8 Å². The van der Waals surface area contributed by atoms with E-state index in [0.29, 0.717) is 5.70 Å². The highest BCUT2D eigenvalue weighted by molar-refractivity contribution is 5.76. The second-order valence-electron chi connectivity index (χ2n) is 3.43. The molecule has 0 bridgehead atoms. The SMILES string of the molecule is C=C(N)c1c(/C(C)=C\C)c(C)nn1C. The molecule has 1 rings (SSSR count). The molecule has 0 radical (unpaired) electrons. The Morgan fingerprint density at radius 2 is 2.14 bits per heavy atom. The third-order valence-corrected chi connectivity index (χ3v) is 2.35. The van der Waals surface area contributed by atoms with E-state index in [2.05, 4.69) is 24.7 Å². The molecule has 1 heterocycles. The van der Waals surface area contributed by atoms with Crippen molar-refractivity contribution in [3.05, 3.63) is 29.6 Å². The molecule has 0 saturated carbocycles. The molecule has 0 fully saturated rings. The average Bonchev–Trinajstić information content (AvgIpc) is 2.39. The molecule has 0 aliphatic rings. The summed E-state index contributed by atoms with van der Waals surface area (Å²) in [5, 5.41) is 4.34. The molecule has 76 valence electrons. The van der Waals surface area contributed by atoms with Crippen LogP contribution in [0.5, 0.6) is 0 Å². The average molecular weight is 191 g/mol. The smallest absolute Gasteiger partial charge is 0.0907 e. The predicted molar refractivity (Wildman–Crippen MR) is 60.5 cm³/mol. The van der Waals surface area contributed by atoms with Crippen molar-refractivity contribution in [2.45, 2.75) is 20.8 Å². The third kappa shape index (κ3) is 1.58. The van der Waals surface area contributed by atoms with E-state index in [1.165, 1.54) is 5.57 Å². The van der Waals surface area contributed by atoms with Crippen LogP contribution < -0.4 is 5.73 Å². The first-order valence-corrected chi connectivity index (χ1v) is 4.60. The van der Waals surface area contributed by atoms with Gasteiger partial charge >= 0.3 is 0 Å². The molecule has 3 nitrogen and oxygen atoms in total. The van der Waals surface area contributed by atoms with Crippen LogP contribution in [-0.2, 0) is 7.05 Å². The summed E-state index contributed by atoms with van der Waals surface area (Å²) in [4.78, 5) is 0. The Morgan fingerprint density at radius 3 is 2.57 bits per heavy atom. The highest BCUT2D eigenvalue weighted by atomic mass is 15.3. The Balaban J connectivity index is 3.47. The lowest BCUT2D eigenvalue weighted by Crippen LogP contribution is -2.04. The first-order chi connectivity index (χ1) is 6.49. The lowest BCUT2D eigenvalue weighted by Gasteiger charge is -2.05. The number of aromatic nitrogens is 2. The number of nitrogens with two attached hydrogens (primary N) is 1. The zero-order chi connectivity index (χ0) is 10.9. The maximum atomic E-state index is 5.74. The molecule has 0 spiro atoms. The van der Waals surface area contributed by atoms with E-state index in [4.69, 9.17) is 5.73 Å². The van der Waals surface area contributed by atoms with E-state index in [1.54, 1.807) is 4.68 Å². The van der Waals surface area contributed by atoms with Crippen molar-refractivity contribution in [1.82, 2.24) is 9.78 Å². The summed E-state index contributed by atoms with van der Waals surface area (Å²) in [6, 6.07) is 0. The van der Waals surface area contributed by atoms with Gasteiger partial charge in [-0.2, -0.15) is 5.10 Å². The first kappa shape index (κ1) is 10.6. The van der Waals surface area contributed by atoms with Crippen LogP contribution >= 0.6 is 0 Å². The highest BCUT2D eigenvalue weighted by Crippen LogP contribution is 2.24. The van der Waals surface area contributed by atoms with E-state index < -0.39 is 0 Å². The fraction of sp³-hybridized carbons (Fsp3) is 0.364. The Hall–Kier alpha value is -1.51. The van der Waals surface area contributed by atoms with Gasteiger partial charge in [-0.05, 0) is 26.3 Å². The Kier molecular flexibility index (Phi) is 2.79. The topological polar surface area (TPSA) is 43.8 Å². The molecule has 1 aromatic heterocycles. The second-order valence-corrected chi connectivity index (χ2v) is 3.43. The highest BCUT2D eigenvalue weighted by Gasteiger charge is 2.14. The lowest BCUT2D eigenvalue weighted by molar-refractivity contribution is 0.745. The van der Waals surface area contributed by atoms with E-state index in [9.17, 15) is 0 Å². The van der Waals surface area contributed by atoms with Crippen molar-refractivity contribution in [3.8, 4) is 0 Å². The zero-order valence-electron chi connectivity index (χ0n) is 9.26. The molecule has 0 saturated heterocycles. The van der Waals surface area contributed by atoms with Gasteiger partial charge in [-0.1, -0.05) is 12.7 Å². The van der Waals surface area contributed by atoms with Gasteiger partial charge in [-0.25, -0.2) is 0 Å². The zero-order valence-corrected chi connectivity index (χ0v) is 9.26. The summed E-state index contributed by atoms with van der Waals surface area (Å²) in [6.07, 6.45) is 2.05. The summed E-state index contributed by atoms with van der Waals surface area (Å²) in [5.74, 6) is 0. The summed E-state index contributed by atoms with van der Waals surface area (Å²) < 4.78 is 1.78. The van der Waals surface area contributed by atoms with Gasteiger partial charge in [0.05, 0.1) is 17.1 Å². The fourth-order valence-electron chi connectivity index (χ4n) is 1.64. The summed E-state index contributed by atoms with van der Waals surface area (Å²) in [7, 11) is 1.88. The van der Waals surface area contributed by atoms with Crippen molar-refractivity contribution < 1.29 is 0 Å². The van der Waals surface area contributed by atoms with Crippen LogP contribution in [-0.4, -0.2) is 9.78 Å². The van der Waals surface area contributed by atoms with Gasteiger partial charge in [-0.15, -0.1) is 0 Å². The van der Waals surface area contributed by atoms with Gasteiger partial charge in [0.25, 0.3) is 0 Å². The number of hydrogen-bond donors (Lipinski definition) is 1. The van der Waals surface area contributed by atoms with Crippen molar-refractivity contribution in [2.75, 3.05) is 0 Å². The van der Waals surface area contributed by atoms with Crippen LogP contribution in [0.15, 0.2) is 12.7 Å². The normalized spacial score (nSPS) is 11.9. The molecule has 3 heteroatoms. The Bertz CT molecular complexity index is 397. The number of hydrogen-bond acceptors (Lipinski definition) is 2. The molecular formula is C11H17N3. The van der Waals surface area contributed by atoms with Gasteiger partial charge in [0.1, 0.15) is 0 Å². The number of rotatable bonds is 2. The maximum absolute atomic E-state index is 5.74. The van der Waals surface area contributed by atoms with Crippen LogP contribution in [0.4, 0.5) is 0 Å². The Morgan fingerprint density at radius 1 is 1.57 bits per heavy atom. The van der Waals surface area contributed by atoms with Crippen molar-refractivity contribution in [1.29, 1.82) is 0 Å². The lowest BCUT2D eigenvalue weighted by atomic mass is 10.0. The molecule has 0 aromatic carbocycles. The molecule has 2 N–H and O–H groups in total. The van der Waals surface area contributed by atoms with E-state index in [0.717, 1.165) is 17.0 Å². The van der Waals surface area contributed by atoms with Gasteiger partial charge in [-0.3, -0.25) is 4.68 Å². The molecule has 0 aliphatic carbocycles. The van der Waals surface area contributed by atoms with E-state index in [-0.39, 0.29) is 0 Å².